The van der Waals surface area contributed by atoms with Crippen molar-refractivity contribution in [2.24, 2.45) is 0 Å². The number of rotatable bonds is 7. The Kier molecular flexibility index (Phi) is 8.44. The molecule has 0 heterocycles. The lowest BCUT2D eigenvalue weighted by Gasteiger charge is -1.99. The smallest absolute Gasteiger partial charge is 0.00490 e. The van der Waals surface area contributed by atoms with E-state index in [9.17, 15) is 0 Å². The Hall–Kier alpha value is -0.300. The van der Waals surface area contributed by atoms with Gasteiger partial charge in [0.1, 0.15) is 0 Å². The molecule has 0 aromatic carbocycles. The molecule has 60 valence electrons. The molecule has 0 aliphatic carbocycles. The van der Waals surface area contributed by atoms with Crippen LogP contribution in [0.5, 0.6) is 0 Å². The van der Waals surface area contributed by atoms with Gasteiger partial charge >= 0.3 is 0 Å². The highest BCUT2D eigenvalue weighted by molar-refractivity contribution is 4.65. The second-order valence-corrected chi connectivity index (χ2v) is 2.49. The molecule has 0 spiro atoms. The quantitative estimate of drug-likeness (QED) is 0.424. The van der Waals surface area contributed by atoms with Gasteiger partial charge in [-0.25, -0.2) is 0 Å². The van der Waals surface area contributed by atoms with E-state index in [-0.39, 0.29) is 0 Å². The number of allylic oxidation sites excluding steroid dienone is 1. The van der Waals surface area contributed by atoms with E-state index in [0.29, 0.717) is 0 Å². The maximum Gasteiger partial charge on any atom is -0.00490 e. The molecular weight excluding hydrogens is 122 g/mol. The molecule has 0 saturated carbocycles. The maximum absolute atomic E-state index is 3.68. The summed E-state index contributed by atoms with van der Waals surface area (Å²) in [5, 5.41) is 3.30. The average molecular weight is 141 g/mol. The Labute approximate surface area is 64.5 Å². The molecule has 0 atom stereocenters. The summed E-state index contributed by atoms with van der Waals surface area (Å²) in [6.45, 7) is 8.09. The van der Waals surface area contributed by atoms with Crippen molar-refractivity contribution in [3.63, 3.8) is 0 Å². The third-order valence-electron chi connectivity index (χ3n) is 1.51. The topological polar surface area (TPSA) is 12.0 Å². The van der Waals surface area contributed by atoms with Crippen molar-refractivity contribution < 1.29 is 0 Å². The molecule has 0 unspecified atom stereocenters. The summed E-state index contributed by atoms with van der Waals surface area (Å²) in [6.07, 6.45) is 7.11. The molecule has 10 heavy (non-hydrogen) atoms. The van der Waals surface area contributed by atoms with Crippen LogP contribution < -0.4 is 5.32 Å². The predicted molar refractivity (Wildman–Crippen MR) is 47.2 cm³/mol. The minimum atomic E-state index is 1.10. The van der Waals surface area contributed by atoms with Crippen LogP contribution in [0, 0.1) is 0 Å². The van der Waals surface area contributed by atoms with Crippen molar-refractivity contribution in [1.29, 1.82) is 0 Å². The summed E-state index contributed by atoms with van der Waals surface area (Å²) in [7, 11) is 0. The van der Waals surface area contributed by atoms with Gasteiger partial charge in [0.15, 0.2) is 0 Å². The summed E-state index contributed by atoms with van der Waals surface area (Å²) in [5.74, 6) is 0. The van der Waals surface area contributed by atoms with Crippen LogP contribution >= 0.6 is 0 Å². The Balaban J connectivity index is 2.70. The lowest BCUT2D eigenvalue weighted by molar-refractivity contribution is 0.620. The summed E-state index contributed by atoms with van der Waals surface area (Å²) >= 11 is 0. The first kappa shape index (κ1) is 9.70. The molecule has 0 amide bonds. The Morgan fingerprint density at radius 1 is 1.30 bits per heavy atom. The third kappa shape index (κ3) is 7.70. The Morgan fingerprint density at radius 3 is 2.70 bits per heavy atom. The summed E-state index contributed by atoms with van der Waals surface area (Å²) in [5.41, 5.74) is 0. The van der Waals surface area contributed by atoms with E-state index in [0.717, 1.165) is 6.54 Å². The van der Waals surface area contributed by atoms with Crippen LogP contribution in [0.4, 0.5) is 0 Å². The zero-order valence-electron chi connectivity index (χ0n) is 7.03. The Bertz CT molecular complexity index is 69.1. The van der Waals surface area contributed by atoms with Gasteiger partial charge in [0.25, 0.3) is 0 Å². The minimum Gasteiger partial charge on any atom is -0.317 e. The zero-order chi connectivity index (χ0) is 7.66. The van der Waals surface area contributed by atoms with Gasteiger partial charge in [0.05, 0.1) is 0 Å². The molecule has 0 radical (unpaired) electrons. The Morgan fingerprint density at radius 2 is 2.10 bits per heavy atom. The highest BCUT2D eigenvalue weighted by Gasteiger charge is 1.85. The SMILES string of the molecule is C=CCCCCCNCC. The van der Waals surface area contributed by atoms with Crippen LogP contribution in [0.3, 0.4) is 0 Å². The molecule has 1 N–H and O–H groups in total. The first-order valence-electron chi connectivity index (χ1n) is 4.23. The molecule has 0 aliphatic rings. The monoisotopic (exact) mass is 141 g/mol. The van der Waals surface area contributed by atoms with Crippen LogP contribution in [-0.2, 0) is 0 Å². The number of unbranched alkanes of at least 4 members (excludes halogenated alkanes) is 3. The highest BCUT2D eigenvalue weighted by atomic mass is 14.8. The molecule has 0 rings (SSSR count). The first-order chi connectivity index (χ1) is 4.91. The van der Waals surface area contributed by atoms with E-state index in [4.69, 9.17) is 0 Å². The van der Waals surface area contributed by atoms with Crippen molar-refractivity contribution in [2.75, 3.05) is 13.1 Å². The second-order valence-electron chi connectivity index (χ2n) is 2.49. The number of nitrogens with one attached hydrogen (secondary N) is 1. The van der Waals surface area contributed by atoms with Crippen LogP contribution in [0.1, 0.15) is 32.6 Å². The zero-order valence-corrected chi connectivity index (χ0v) is 7.03. The van der Waals surface area contributed by atoms with Crippen LogP contribution in [0.15, 0.2) is 12.7 Å². The van der Waals surface area contributed by atoms with E-state index >= 15 is 0 Å². The van der Waals surface area contributed by atoms with E-state index in [1.54, 1.807) is 0 Å². The summed E-state index contributed by atoms with van der Waals surface area (Å²) in [6, 6.07) is 0. The summed E-state index contributed by atoms with van der Waals surface area (Å²) in [4.78, 5) is 0. The van der Waals surface area contributed by atoms with Crippen molar-refractivity contribution in [1.82, 2.24) is 5.32 Å². The average Bonchev–Trinajstić information content (AvgIpc) is 1.97. The van der Waals surface area contributed by atoms with Crippen molar-refractivity contribution in [2.45, 2.75) is 32.6 Å². The molecule has 0 aromatic heterocycles. The molecule has 0 aromatic rings. The fraction of sp³-hybridized carbons (Fsp3) is 0.778. The fourth-order valence-corrected chi connectivity index (χ4v) is 0.892. The van der Waals surface area contributed by atoms with Gasteiger partial charge < -0.3 is 5.32 Å². The van der Waals surface area contributed by atoms with E-state index in [1.807, 2.05) is 6.08 Å². The van der Waals surface area contributed by atoms with Gasteiger partial charge in [-0.1, -0.05) is 19.4 Å². The molecule has 0 fully saturated rings. The van der Waals surface area contributed by atoms with E-state index in [1.165, 1.54) is 32.2 Å². The predicted octanol–water partition coefficient (Wildman–Crippen LogP) is 2.34. The van der Waals surface area contributed by atoms with Crippen LogP contribution in [0.2, 0.25) is 0 Å². The second kappa shape index (κ2) is 8.70. The van der Waals surface area contributed by atoms with Crippen molar-refractivity contribution >= 4 is 0 Å². The molecule has 0 saturated heterocycles. The van der Waals surface area contributed by atoms with Gasteiger partial charge in [0, 0.05) is 0 Å². The number of hydrogen-bond acceptors (Lipinski definition) is 1. The lowest BCUT2D eigenvalue weighted by Crippen LogP contribution is -2.13. The van der Waals surface area contributed by atoms with Crippen molar-refractivity contribution in [3.8, 4) is 0 Å². The third-order valence-corrected chi connectivity index (χ3v) is 1.51. The van der Waals surface area contributed by atoms with Crippen LogP contribution in [0.25, 0.3) is 0 Å². The number of hydrogen-bond donors (Lipinski definition) is 1. The van der Waals surface area contributed by atoms with Gasteiger partial charge in [-0.15, -0.1) is 6.58 Å². The maximum atomic E-state index is 3.68. The van der Waals surface area contributed by atoms with Crippen molar-refractivity contribution in [3.05, 3.63) is 12.7 Å². The lowest BCUT2D eigenvalue weighted by atomic mass is 10.2. The van der Waals surface area contributed by atoms with Gasteiger partial charge in [0.2, 0.25) is 0 Å². The van der Waals surface area contributed by atoms with Gasteiger partial charge in [-0.3, -0.25) is 0 Å². The highest BCUT2D eigenvalue weighted by Crippen LogP contribution is 1.98. The van der Waals surface area contributed by atoms with Crippen LogP contribution in [-0.4, -0.2) is 13.1 Å². The van der Waals surface area contributed by atoms with Gasteiger partial charge in [-0.05, 0) is 32.4 Å². The minimum absolute atomic E-state index is 1.10. The van der Waals surface area contributed by atoms with E-state index < -0.39 is 0 Å². The van der Waals surface area contributed by atoms with Gasteiger partial charge in [-0.2, -0.15) is 0 Å². The fourth-order valence-electron chi connectivity index (χ4n) is 0.892. The summed E-state index contributed by atoms with van der Waals surface area (Å²) < 4.78 is 0. The molecule has 1 nitrogen and oxygen atoms in total. The normalized spacial score (nSPS) is 9.70. The standard InChI is InChI=1S/C9H19N/c1-3-5-6-7-8-9-10-4-2/h3,10H,1,4-9H2,2H3. The largest absolute Gasteiger partial charge is 0.317 e. The molecular formula is C9H19N. The molecule has 0 aliphatic heterocycles. The van der Waals surface area contributed by atoms with E-state index in [2.05, 4.69) is 18.8 Å². The first-order valence-corrected chi connectivity index (χ1v) is 4.23. The molecule has 0 bridgehead atoms. The molecule has 1 heteroatoms.